The van der Waals surface area contributed by atoms with Gasteiger partial charge < -0.3 is 10.2 Å². The molecule has 5 heteroatoms. The molecule has 0 saturated carbocycles. The van der Waals surface area contributed by atoms with E-state index in [2.05, 4.69) is 9.97 Å². The van der Waals surface area contributed by atoms with Crippen molar-refractivity contribution in [2.75, 3.05) is 0 Å². The van der Waals surface area contributed by atoms with Gasteiger partial charge in [-0.1, -0.05) is 6.07 Å². The summed E-state index contributed by atoms with van der Waals surface area (Å²) in [6.45, 7) is 5.76. The first-order valence-electron chi connectivity index (χ1n) is 5.39. The van der Waals surface area contributed by atoms with Crippen LogP contribution in [0.1, 0.15) is 30.0 Å². The van der Waals surface area contributed by atoms with Crippen molar-refractivity contribution in [1.29, 1.82) is 0 Å². The van der Waals surface area contributed by atoms with Crippen LogP contribution >= 0.6 is 11.8 Å². The van der Waals surface area contributed by atoms with E-state index in [-0.39, 0.29) is 6.04 Å². The lowest BCUT2D eigenvalue weighted by Gasteiger charge is -2.04. The molecule has 4 nitrogen and oxygen atoms in total. The van der Waals surface area contributed by atoms with Crippen LogP contribution in [0.5, 0.6) is 0 Å². The maximum atomic E-state index is 5.76. The average molecular weight is 249 g/mol. The van der Waals surface area contributed by atoms with E-state index in [4.69, 9.17) is 10.2 Å². The standard InChI is InChI=1S/C12H15N3OS/c1-7(13)10-4-5-11(14-6-10)17-12-15-8(2)9(3)16-12/h4-7H,13H2,1-3H3/t7-/m1/s1. The van der Waals surface area contributed by atoms with Gasteiger partial charge in [0.1, 0.15) is 10.8 Å². The van der Waals surface area contributed by atoms with E-state index in [1.165, 1.54) is 11.8 Å². The van der Waals surface area contributed by atoms with Crippen molar-refractivity contribution in [3.05, 3.63) is 35.3 Å². The van der Waals surface area contributed by atoms with Crippen molar-refractivity contribution in [1.82, 2.24) is 9.97 Å². The van der Waals surface area contributed by atoms with Gasteiger partial charge in [0.2, 0.25) is 0 Å². The monoisotopic (exact) mass is 249 g/mol. The van der Waals surface area contributed by atoms with Gasteiger partial charge in [0.15, 0.2) is 0 Å². The van der Waals surface area contributed by atoms with E-state index in [1.54, 1.807) is 6.20 Å². The molecule has 0 aliphatic heterocycles. The second-order valence-electron chi connectivity index (χ2n) is 3.94. The van der Waals surface area contributed by atoms with Crippen molar-refractivity contribution in [3.8, 4) is 0 Å². The molecule has 0 saturated heterocycles. The smallest absolute Gasteiger partial charge is 0.262 e. The first-order chi connectivity index (χ1) is 8.06. The Hall–Kier alpha value is -1.33. The molecule has 2 aromatic heterocycles. The number of nitrogens with zero attached hydrogens (tertiary/aromatic N) is 2. The summed E-state index contributed by atoms with van der Waals surface area (Å²) in [6.07, 6.45) is 1.79. The first-order valence-corrected chi connectivity index (χ1v) is 6.21. The molecule has 2 aromatic rings. The van der Waals surface area contributed by atoms with Crippen molar-refractivity contribution < 1.29 is 4.42 Å². The van der Waals surface area contributed by atoms with E-state index >= 15 is 0 Å². The molecule has 2 N–H and O–H groups in total. The Morgan fingerprint density at radius 2 is 2.12 bits per heavy atom. The van der Waals surface area contributed by atoms with Crippen LogP contribution in [0.2, 0.25) is 0 Å². The maximum absolute atomic E-state index is 5.76. The molecule has 0 amide bonds. The number of aryl methyl sites for hydroxylation is 2. The average Bonchev–Trinajstić information content (AvgIpc) is 2.58. The fourth-order valence-corrected chi connectivity index (χ4v) is 2.07. The Labute approximate surface area is 105 Å². The van der Waals surface area contributed by atoms with Crippen molar-refractivity contribution in [3.63, 3.8) is 0 Å². The van der Waals surface area contributed by atoms with Crippen LogP contribution in [-0.2, 0) is 0 Å². The molecule has 0 radical (unpaired) electrons. The highest BCUT2D eigenvalue weighted by Gasteiger charge is 2.08. The molecule has 2 rings (SSSR count). The number of hydrogen-bond donors (Lipinski definition) is 1. The number of nitrogens with two attached hydrogens (primary N) is 1. The minimum Gasteiger partial charge on any atom is -0.436 e. The number of aromatic nitrogens is 2. The van der Waals surface area contributed by atoms with Crippen LogP contribution in [0.3, 0.4) is 0 Å². The number of pyridine rings is 1. The predicted octanol–water partition coefficient (Wildman–Crippen LogP) is 2.86. The van der Waals surface area contributed by atoms with Gasteiger partial charge in [-0.25, -0.2) is 9.97 Å². The molecule has 2 heterocycles. The predicted molar refractivity (Wildman–Crippen MR) is 66.9 cm³/mol. The van der Waals surface area contributed by atoms with Gasteiger partial charge in [-0.2, -0.15) is 0 Å². The normalized spacial score (nSPS) is 12.7. The summed E-state index contributed by atoms with van der Waals surface area (Å²) in [5, 5.41) is 1.48. The van der Waals surface area contributed by atoms with Crippen molar-refractivity contribution in [2.45, 2.75) is 37.1 Å². The van der Waals surface area contributed by atoms with Gasteiger partial charge in [0.05, 0.1) is 5.69 Å². The molecule has 90 valence electrons. The molecule has 0 spiro atoms. The molecule has 0 aliphatic carbocycles. The molecule has 0 aliphatic rings. The van der Waals surface area contributed by atoms with Crippen LogP contribution in [0.15, 0.2) is 33.0 Å². The van der Waals surface area contributed by atoms with Crippen LogP contribution in [0, 0.1) is 13.8 Å². The fourth-order valence-electron chi connectivity index (χ4n) is 1.30. The first kappa shape index (κ1) is 12.1. The third kappa shape index (κ3) is 2.87. The summed E-state index contributed by atoms with van der Waals surface area (Å²) in [4.78, 5) is 8.61. The van der Waals surface area contributed by atoms with Gasteiger partial charge in [0, 0.05) is 12.2 Å². The van der Waals surface area contributed by atoms with Crippen LogP contribution in [0.4, 0.5) is 0 Å². The summed E-state index contributed by atoms with van der Waals surface area (Å²) in [5.74, 6) is 0.847. The van der Waals surface area contributed by atoms with E-state index in [0.29, 0.717) is 5.22 Å². The van der Waals surface area contributed by atoms with Gasteiger partial charge in [0.25, 0.3) is 5.22 Å². The third-order valence-electron chi connectivity index (χ3n) is 2.49. The zero-order valence-corrected chi connectivity index (χ0v) is 10.9. The molecule has 1 atom stereocenters. The SMILES string of the molecule is Cc1nc(Sc2ccc([C@@H](C)N)cn2)oc1C. The van der Waals surface area contributed by atoms with Gasteiger partial charge >= 0.3 is 0 Å². The molecule has 0 aromatic carbocycles. The molecule has 0 unspecified atom stereocenters. The maximum Gasteiger partial charge on any atom is 0.262 e. The zero-order chi connectivity index (χ0) is 12.4. The molecule has 0 fully saturated rings. The highest BCUT2D eigenvalue weighted by Crippen LogP contribution is 2.27. The second-order valence-corrected chi connectivity index (χ2v) is 4.91. The number of oxazole rings is 1. The number of rotatable bonds is 3. The highest BCUT2D eigenvalue weighted by atomic mass is 32.2. The largest absolute Gasteiger partial charge is 0.436 e. The Balaban J connectivity index is 2.13. The summed E-state index contributed by atoms with van der Waals surface area (Å²) < 4.78 is 5.48. The zero-order valence-electron chi connectivity index (χ0n) is 10.1. The van der Waals surface area contributed by atoms with Crippen LogP contribution in [0.25, 0.3) is 0 Å². The van der Waals surface area contributed by atoms with Gasteiger partial charge in [-0.3, -0.25) is 0 Å². The van der Waals surface area contributed by atoms with E-state index in [1.807, 2.05) is 32.9 Å². The quantitative estimate of drug-likeness (QED) is 0.906. The van der Waals surface area contributed by atoms with Crippen molar-refractivity contribution in [2.24, 2.45) is 5.73 Å². The van der Waals surface area contributed by atoms with Crippen LogP contribution in [-0.4, -0.2) is 9.97 Å². The van der Waals surface area contributed by atoms with Gasteiger partial charge in [-0.15, -0.1) is 0 Å². The summed E-state index contributed by atoms with van der Waals surface area (Å²) >= 11 is 1.41. The molecular formula is C12H15N3OS. The summed E-state index contributed by atoms with van der Waals surface area (Å²) in [6, 6.07) is 3.91. The van der Waals surface area contributed by atoms with E-state index in [9.17, 15) is 0 Å². The minimum atomic E-state index is 0.00720. The summed E-state index contributed by atoms with van der Waals surface area (Å²) in [7, 11) is 0. The van der Waals surface area contributed by atoms with E-state index < -0.39 is 0 Å². The van der Waals surface area contributed by atoms with Crippen LogP contribution < -0.4 is 5.73 Å². The Morgan fingerprint density at radius 1 is 1.35 bits per heavy atom. The molecular weight excluding hydrogens is 234 g/mol. The summed E-state index contributed by atoms with van der Waals surface area (Å²) in [5.41, 5.74) is 7.70. The Bertz CT molecular complexity index is 485. The Morgan fingerprint density at radius 3 is 2.59 bits per heavy atom. The molecule has 17 heavy (non-hydrogen) atoms. The minimum absolute atomic E-state index is 0.00720. The Kier molecular flexibility index (Phi) is 3.49. The lowest BCUT2D eigenvalue weighted by atomic mass is 10.2. The lowest BCUT2D eigenvalue weighted by molar-refractivity contribution is 0.431. The highest BCUT2D eigenvalue weighted by molar-refractivity contribution is 7.99. The second kappa shape index (κ2) is 4.89. The third-order valence-corrected chi connectivity index (χ3v) is 3.29. The topological polar surface area (TPSA) is 64.9 Å². The number of hydrogen-bond acceptors (Lipinski definition) is 5. The van der Waals surface area contributed by atoms with Gasteiger partial charge in [-0.05, 0) is 44.2 Å². The molecule has 0 bridgehead atoms. The lowest BCUT2D eigenvalue weighted by Crippen LogP contribution is -2.04. The van der Waals surface area contributed by atoms with Crippen molar-refractivity contribution >= 4 is 11.8 Å². The fraction of sp³-hybridized carbons (Fsp3) is 0.333. The van der Waals surface area contributed by atoms with E-state index in [0.717, 1.165) is 22.0 Å².